The van der Waals surface area contributed by atoms with E-state index in [0.717, 1.165) is 4.47 Å². The molecule has 23 heavy (non-hydrogen) atoms. The zero-order chi connectivity index (χ0) is 16.2. The molecule has 0 aliphatic carbocycles. The van der Waals surface area contributed by atoms with Gasteiger partial charge < -0.3 is 9.80 Å². The first-order chi connectivity index (χ1) is 11.2. The molecular formula is C17H16BrN3O2. The number of nitrogens with zero attached hydrogens (tertiary/aromatic N) is 3. The molecule has 1 aromatic carbocycles. The molecular weight excluding hydrogens is 358 g/mol. The summed E-state index contributed by atoms with van der Waals surface area (Å²) in [5.41, 5.74) is 1.09. The lowest BCUT2D eigenvalue weighted by atomic mass is 10.2. The van der Waals surface area contributed by atoms with Gasteiger partial charge in [0.2, 0.25) is 0 Å². The van der Waals surface area contributed by atoms with E-state index in [1.54, 1.807) is 40.3 Å². The normalized spacial score (nSPS) is 14.7. The van der Waals surface area contributed by atoms with E-state index >= 15 is 0 Å². The highest BCUT2D eigenvalue weighted by molar-refractivity contribution is 9.10. The number of carbonyl (C=O) groups excluding carboxylic acids is 2. The highest BCUT2D eigenvalue weighted by Gasteiger charge is 2.26. The number of carbonyl (C=O) groups is 2. The summed E-state index contributed by atoms with van der Waals surface area (Å²) >= 11 is 3.41. The Bertz CT molecular complexity index is 713. The molecule has 2 heterocycles. The van der Waals surface area contributed by atoms with E-state index in [9.17, 15) is 9.59 Å². The van der Waals surface area contributed by atoms with Crippen molar-refractivity contribution >= 4 is 27.7 Å². The number of halogens is 1. The van der Waals surface area contributed by atoms with Gasteiger partial charge in [0.1, 0.15) is 5.69 Å². The van der Waals surface area contributed by atoms with Gasteiger partial charge in [0.15, 0.2) is 0 Å². The van der Waals surface area contributed by atoms with Gasteiger partial charge in [-0.2, -0.15) is 0 Å². The standard InChI is InChI=1S/C17H16BrN3O2/c18-14-6-2-1-5-13(14)16(22)20-9-11-21(12-10-20)17(23)15-7-3-4-8-19-15/h1-8H,9-12H2. The predicted molar refractivity (Wildman–Crippen MR) is 90.2 cm³/mol. The molecule has 1 aromatic heterocycles. The summed E-state index contributed by atoms with van der Waals surface area (Å²) in [6.07, 6.45) is 1.61. The van der Waals surface area contributed by atoms with Crippen molar-refractivity contribution in [1.29, 1.82) is 0 Å². The molecule has 0 saturated carbocycles. The summed E-state index contributed by atoms with van der Waals surface area (Å²) in [4.78, 5) is 32.5. The van der Waals surface area contributed by atoms with Crippen LogP contribution >= 0.6 is 15.9 Å². The van der Waals surface area contributed by atoms with Crippen LogP contribution in [-0.2, 0) is 0 Å². The number of rotatable bonds is 2. The topological polar surface area (TPSA) is 53.5 Å². The number of piperazine rings is 1. The molecule has 0 radical (unpaired) electrons. The van der Waals surface area contributed by atoms with Gasteiger partial charge in [-0.25, -0.2) is 0 Å². The SMILES string of the molecule is O=C(c1ccccn1)N1CCN(C(=O)c2ccccc2Br)CC1. The van der Waals surface area contributed by atoms with Crippen molar-refractivity contribution in [3.05, 3.63) is 64.4 Å². The minimum atomic E-state index is -0.0846. The van der Waals surface area contributed by atoms with Crippen molar-refractivity contribution in [3.63, 3.8) is 0 Å². The molecule has 2 aromatic rings. The van der Waals surface area contributed by atoms with Crippen molar-refractivity contribution in [1.82, 2.24) is 14.8 Å². The van der Waals surface area contributed by atoms with Crippen molar-refractivity contribution in [3.8, 4) is 0 Å². The Morgan fingerprint density at radius 3 is 2.09 bits per heavy atom. The van der Waals surface area contributed by atoms with Crippen LogP contribution in [0.2, 0.25) is 0 Å². The average molecular weight is 374 g/mol. The zero-order valence-corrected chi connectivity index (χ0v) is 14.1. The van der Waals surface area contributed by atoms with E-state index in [1.165, 1.54) is 0 Å². The summed E-state index contributed by atoms with van der Waals surface area (Å²) in [6, 6.07) is 12.7. The molecule has 0 unspecified atom stereocenters. The molecule has 1 saturated heterocycles. The Labute approximate surface area is 143 Å². The van der Waals surface area contributed by atoms with Crippen LogP contribution in [-0.4, -0.2) is 52.8 Å². The first-order valence-corrected chi connectivity index (χ1v) is 8.20. The van der Waals surface area contributed by atoms with Gasteiger partial charge in [0.05, 0.1) is 5.56 Å². The molecule has 0 N–H and O–H groups in total. The maximum absolute atomic E-state index is 12.5. The van der Waals surface area contributed by atoms with Gasteiger partial charge in [-0.3, -0.25) is 14.6 Å². The van der Waals surface area contributed by atoms with Crippen molar-refractivity contribution in [2.45, 2.75) is 0 Å². The van der Waals surface area contributed by atoms with Crippen molar-refractivity contribution in [2.24, 2.45) is 0 Å². The molecule has 1 aliphatic rings. The van der Waals surface area contributed by atoms with E-state index in [1.807, 2.05) is 18.2 Å². The van der Waals surface area contributed by atoms with E-state index in [-0.39, 0.29) is 11.8 Å². The second-order valence-corrected chi connectivity index (χ2v) is 6.13. The van der Waals surface area contributed by atoms with Crippen LogP contribution in [0.15, 0.2) is 53.1 Å². The maximum Gasteiger partial charge on any atom is 0.272 e. The zero-order valence-electron chi connectivity index (χ0n) is 12.5. The summed E-state index contributed by atoms with van der Waals surface area (Å²) in [5.74, 6) is -0.0963. The lowest BCUT2D eigenvalue weighted by Gasteiger charge is -2.34. The fourth-order valence-corrected chi connectivity index (χ4v) is 3.02. The molecule has 0 atom stereocenters. The minimum absolute atomic E-state index is 0.0117. The highest BCUT2D eigenvalue weighted by atomic mass is 79.9. The Hall–Kier alpha value is -2.21. The second-order valence-electron chi connectivity index (χ2n) is 5.28. The van der Waals surface area contributed by atoms with Crippen molar-refractivity contribution in [2.75, 3.05) is 26.2 Å². The summed E-state index contributed by atoms with van der Waals surface area (Å²) in [6.45, 7) is 2.09. The number of benzene rings is 1. The van der Waals surface area contributed by atoms with Gasteiger partial charge in [-0.15, -0.1) is 0 Å². The predicted octanol–water partition coefficient (Wildman–Crippen LogP) is 2.44. The second kappa shape index (κ2) is 6.91. The van der Waals surface area contributed by atoms with Gasteiger partial charge in [-0.1, -0.05) is 18.2 Å². The summed E-state index contributed by atoms with van der Waals surface area (Å²) < 4.78 is 0.789. The lowest BCUT2D eigenvalue weighted by Crippen LogP contribution is -2.50. The van der Waals surface area contributed by atoms with E-state index < -0.39 is 0 Å². The number of aromatic nitrogens is 1. The van der Waals surface area contributed by atoms with Crippen LogP contribution in [0.25, 0.3) is 0 Å². The fraction of sp³-hybridized carbons (Fsp3) is 0.235. The van der Waals surface area contributed by atoms with E-state index in [4.69, 9.17) is 0 Å². The molecule has 0 bridgehead atoms. The number of amides is 2. The summed E-state index contributed by atoms with van der Waals surface area (Å²) in [7, 11) is 0. The van der Waals surface area contributed by atoms with E-state index in [0.29, 0.717) is 37.4 Å². The van der Waals surface area contributed by atoms with Crippen LogP contribution in [0, 0.1) is 0 Å². The molecule has 118 valence electrons. The molecule has 1 fully saturated rings. The van der Waals surface area contributed by atoms with Gasteiger partial charge >= 0.3 is 0 Å². The smallest absolute Gasteiger partial charge is 0.272 e. The van der Waals surface area contributed by atoms with Crippen LogP contribution in [0.4, 0.5) is 0 Å². The third-order valence-electron chi connectivity index (χ3n) is 3.84. The first kappa shape index (κ1) is 15.7. The number of hydrogen-bond donors (Lipinski definition) is 0. The third kappa shape index (κ3) is 3.42. The molecule has 1 aliphatic heterocycles. The molecule has 2 amide bonds. The Morgan fingerprint density at radius 1 is 0.870 bits per heavy atom. The van der Waals surface area contributed by atoms with Crippen LogP contribution in [0.5, 0.6) is 0 Å². The molecule has 3 rings (SSSR count). The van der Waals surface area contributed by atoms with Crippen LogP contribution in [0.1, 0.15) is 20.8 Å². The van der Waals surface area contributed by atoms with Crippen molar-refractivity contribution < 1.29 is 9.59 Å². The lowest BCUT2D eigenvalue weighted by molar-refractivity contribution is 0.0532. The Morgan fingerprint density at radius 2 is 1.48 bits per heavy atom. The molecule has 0 spiro atoms. The monoisotopic (exact) mass is 373 g/mol. The van der Waals surface area contributed by atoms with Gasteiger partial charge in [0, 0.05) is 36.8 Å². The molecule has 5 nitrogen and oxygen atoms in total. The number of pyridine rings is 1. The number of hydrogen-bond acceptors (Lipinski definition) is 3. The quantitative estimate of drug-likeness (QED) is 0.812. The minimum Gasteiger partial charge on any atom is -0.335 e. The average Bonchev–Trinajstić information content (AvgIpc) is 2.62. The van der Waals surface area contributed by atoms with Crippen LogP contribution in [0.3, 0.4) is 0 Å². The Kier molecular flexibility index (Phi) is 4.71. The third-order valence-corrected chi connectivity index (χ3v) is 4.53. The first-order valence-electron chi connectivity index (χ1n) is 7.41. The van der Waals surface area contributed by atoms with E-state index in [2.05, 4.69) is 20.9 Å². The molecule has 6 heteroatoms. The largest absolute Gasteiger partial charge is 0.335 e. The highest BCUT2D eigenvalue weighted by Crippen LogP contribution is 2.19. The van der Waals surface area contributed by atoms with Gasteiger partial charge in [-0.05, 0) is 40.2 Å². The van der Waals surface area contributed by atoms with Gasteiger partial charge in [0.25, 0.3) is 11.8 Å². The maximum atomic E-state index is 12.5. The van der Waals surface area contributed by atoms with Crippen LogP contribution < -0.4 is 0 Å². The fourth-order valence-electron chi connectivity index (χ4n) is 2.57. The Balaban J connectivity index is 1.64. The summed E-state index contributed by atoms with van der Waals surface area (Å²) in [5, 5.41) is 0.